The number of anilines is 3. The molecule has 0 unspecified atom stereocenters. The maximum Gasteiger partial charge on any atom is 0.144 e. The van der Waals surface area contributed by atoms with Crippen molar-refractivity contribution in [2.45, 2.75) is 6.92 Å². The van der Waals surface area contributed by atoms with E-state index in [0.29, 0.717) is 16.5 Å². The first kappa shape index (κ1) is 12.2. The van der Waals surface area contributed by atoms with Gasteiger partial charge in [-0.3, -0.25) is 0 Å². The van der Waals surface area contributed by atoms with Crippen molar-refractivity contribution in [1.29, 1.82) is 0 Å². The van der Waals surface area contributed by atoms with Crippen LogP contribution < -0.4 is 11.1 Å². The average Bonchev–Trinajstić information content (AvgIpc) is 2.26. The Kier molecular flexibility index (Phi) is 3.54. The summed E-state index contributed by atoms with van der Waals surface area (Å²) in [4.78, 5) is 4.21. The molecule has 88 valence electrons. The first-order chi connectivity index (χ1) is 8.08. The molecule has 3 N–H and O–H groups in total. The molecule has 1 aromatic carbocycles. The Labute approximate surface area is 113 Å². The Morgan fingerprint density at radius 2 is 2.18 bits per heavy atom. The number of pyridine rings is 1. The van der Waals surface area contributed by atoms with Crippen molar-refractivity contribution in [2.24, 2.45) is 0 Å². The van der Waals surface area contributed by atoms with E-state index in [1.54, 1.807) is 12.3 Å². The molecular formula is C12H11BrClN3. The number of nitrogen functional groups attached to an aromatic ring is 1. The van der Waals surface area contributed by atoms with Crippen molar-refractivity contribution in [3.63, 3.8) is 0 Å². The summed E-state index contributed by atoms with van der Waals surface area (Å²) in [6.45, 7) is 1.99. The van der Waals surface area contributed by atoms with E-state index in [2.05, 4.69) is 26.2 Å². The molecule has 2 rings (SSSR count). The van der Waals surface area contributed by atoms with Crippen LogP contribution in [0.1, 0.15) is 5.56 Å². The first-order valence-electron chi connectivity index (χ1n) is 5.01. The topological polar surface area (TPSA) is 50.9 Å². The number of hydrogen-bond donors (Lipinski definition) is 2. The second-order valence-corrected chi connectivity index (χ2v) is 4.92. The highest BCUT2D eigenvalue weighted by Crippen LogP contribution is 2.31. The van der Waals surface area contributed by atoms with E-state index in [0.717, 1.165) is 15.7 Å². The smallest absolute Gasteiger partial charge is 0.144 e. The molecular weight excluding hydrogens is 302 g/mol. The lowest BCUT2D eigenvalue weighted by molar-refractivity contribution is 1.28. The normalized spacial score (nSPS) is 10.3. The lowest BCUT2D eigenvalue weighted by atomic mass is 10.2. The Morgan fingerprint density at radius 1 is 1.41 bits per heavy atom. The third-order valence-corrected chi connectivity index (χ3v) is 3.25. The number of aromatic nitrogens is 1. The minimum Gasteiger partial charge on any atom is -0.397 e. The van der Waals surface area contributed by atoms with Crippen molar-refractivity contribution in [3.8, 4) is 0 Å². The standard InChI is InChI=1S/C12H11BrClN3/c1-7-3-2-4-10(14)11(7)17-12-9(13)5-8(15)6-16-12/h2-6H,15H2,1H3,(H,16,17). The molecule has 1 heterocycles. The maximum atomic E-state index is 6.13. The van der Waals surface area contributed by atoms with Crippen LogP contribution in [-0.4, -0.2) is 4.98 Å². The molecule has 2 aromatic rings. The molecule has 0 aliphatic carbocycles. The van der Waals surface area contributed by atoms with E-state index in [1.165, 1.54) is 0 Å². The molecule has 5 heteroatoms. The van der Waals surface area contributed by atoms with Crippen LogP contribution in [0.4, 0.5) is 17.2 Å². The molecule has 0 radical (unpaired) electrons. The van der Waals surface area contributed by atoms with E-state index >= 15 is 0 Å². The lowest BCUT2D eigenvalue weighted by Crippen LogP contribution is -1.98. The molecule has 0 fully saturated rings. The summed E-state index contributed by atoms with van der Waals surface area (Å²) >= 11 is 9.54. The van der Waals surface area contributed by atoms with Crippen molar-refractivity contribution in [1.82, 2.24) is 4.98 Å². The number of hydrogen-bond acceptors (Lipinski definition) is 3. The molecule has 0 bridgehead atoms. The zero-order chi connectivity index (χ0) is 12.4. The van der Waals surface area contributed by atoms with Crippen molar-refractivity contribution >= 4 is 44.7 Å². The molecule has 0 spiro atoms. The van der Waals surface area contributed by atoms with Gasteiger partial charge in [0.25, 0.3) is 0 Å². The van der Waals surface area contributed by atoms with Gasteiger partial charge in [0.05, 0.1) is 27.1 Å². The second-order valence-electron chi connectivity index (χ2n) is 3.66. The van der Waals surface area contributed by atoms with Crippen molar-refractivity contribution in [3.05, 3.63) is 45.5 Å². The fourth-order valence-corrected chi connectivity index (χ4v) is 2.19. The first-order valence-corrected chi connectivity index (χ1v) is 6.18. The van der Waals surface area contributed by atoms with Crippen LogP contribution in [0.3, 0.4) is 0 Å². The zero-order valence-corrected chi connectivity index (χ0v) is 11.5. The van der Waals surface area contributed by atoms with E-state index in [9.17, 15) is 0 Å². The van der Waals surface area contributed by atoms with Gasteiger partial charge in [0, 0.05) is 0 Å². The van der Waals surface area contributed by atoms with Crippen molar-refractivity contribution < 1.29 is 0 Å². The van der Waals surface area contributed by atoms with E-state index in [1.807, 2.05) is 25.1 Å². The highest BCUT2D eigenvalue weighted by molar-refractivity contribution is 9.10. The van der Waals surface area contributed by atoms with Crippen LogP contribution in [-0.2, 0) is 0 Å². The van der Waals surface area contributed by atoms with Crippen LogP contribution in [0, 0.1) is 6.92 Å². The predicted molar refractivity (Wildman–Crippen MR) is 75.8 cm³/mol. The van der Waals surface area contributed by atoms with Gasteiger partial charge in [-0.25, -0.2) is 4.98 Å². The number of benzene rings is 1. The van der Waals surface area contributed by atoms with Crippen LogP contribution in [0.25, 0.3) is 0 Å². The molecule has 1 aromatic heterocycles. The number of aryl methyl sites for hydroxylation is 1. The third-order valence-electron chi connectivity index (χ3n) is 2.33. The van der Waals surface area contributed by atoms with Gasteiger partial charge in [-0.2, -0.15) is 0 Å². The lowest BCUT2D eigenvalue weighted by Gasteiger charge is -2.12. The predicted octanol–water partition coefficient (Wildman–Crippen LogP) is 4.13. The zero-order valence-electron chi connectivity index (χ0n) is 9.17. The molecule has 0 amide bonds. The van der Waals surface area contributed by atoms with Gasteiger partial charge >= 0.3 is 0 Å². The van der Waals surface area contributed by atoms with Gasteiger partial charge in [-0.15, -0.1) is 0 Å². The van der Waals surface area contributed by atoms with E-state index in [-0.39, 0.29) is 0 Å². The molecule has 0 saturated heterocycles. The van der Waals surface area contributed by atoms with Crippen LogP contribution in [0.15, 0.2) is 34.9 Å². The van der Waals surface area contributed by atoms with E-state index in [4.69, 9.17) is 17.3 Å². The van der Waals surface area contributed by atoms with Gasteiger partial charge in [0.1, 0.15) is 5.82 Å². The molecule has 0 atom stereocenters. The highest BCUT2D eigenvalue weighted by atomic mass is 79.9. The van der Waals surface area contributed by atoms with Gasteiger partial charge in [-0.05, 0) is 40.5 Å². The second kappa shape index (κ2) is 4.94. The van der Waals surface area contributed by atoms with Gasteiger partial charge < -0.3 is 11.1 Å². The van der Waals surface area contributed by atoms with Gasteiger partial charge in [-0.1, -0.05) is 23.7 Å². The summed E-state index contributed by atoms with van der Waals surface area (Å²) in [5.41, 5.74) is 8.16. The Bertz CT molecular complexity index is 537. The maximum absolute atomic E-state index is 6.13. The SMILES string of the molecule is Cc1cccc(Cl)c1Nc1ncc(N)cc1Br. The number of nitrogens with zero attached hydrogens (tertiary/aromatic N) is 1. The van der Waals surface area contributed by atoms with Crippen LogP contribution >= 0.6 is 27.5 Å². The Morgan fingerprint density at radius 3 is 2.82 bits per heavy atom. The minimum atomic E-state index is 0.610. The highest BCUT2D eigenvalue weighted by Gasteiger charge is 2.07. The Balaban J connectivity index is 2.38. The molecule has 0 aliphatic heterocycles. The van der Waals surface area contributed by atoms with Crippen LogP contribution in [0.2, 0.25) is 5.02 Å². The molecule has 0 saturated carbocycles. The largest absolute Gasteiger partial charge is 0.397 e. The summed E-state index contributed by atoms with van der Waals surface area (Å²) in [6, 6.07) is 7.53. The average molecular weight is 313 g/mol. The summed E-state index contributed by atoms with van der Waals surface area (Å²) in [6.07, 6.45) is 1.60. The van der Waals surface area contributed by atoms with Gasteiger partial charge in [0.15, 0.2) is 0 Å². The summed E-state index contributed by atoms with van der Waals surface area (Å²) in [5.74, 6) is 0.690. The number of para-hydroxylation sites is 1. The number of halogens is 2. The third kappa shape index (κ3) is 2.70. The van der Waals surface area contributed by atoms with Crippen molar-refractivity contribution in [2.75, 3.05) is 11.1 Å². The monoisotopic (exact) mass is 311 g/mol. The Hall–Kier alpha value is -1.26. The fraction of sp³-hybridized carbons (Fsp3) is 0.0833. The molecule has 17 heavy (non-hydrogen) atoms. The minimum absolute atomic E-state index is 0.610. The molecule has 3 nitrogen and oxygen atoms in total. The quantitative estimate of drug-likeness (QED) is 0.876. The van der Waals surface area contributed by atoms with Gasteiger partial charge in [0.2, 0.25) is 0 Å². The summed E-state index contributed by atoms with van der Waals surface area (Å²) in [5, 5.41) is 3.85. The number of rotatable bonds is 2. The summed E-state index contributed by atoms with van der Waals surface area (Å²) in [7, 11) is 0. The fourth-order valence-electron chi connectivity index (χ4n) is 1.45. The number of nitrogens with one attached hydrogen (secondary N) is 1. The van der Waals surface area contributed by atoms with E-state index < -0.39 is 0 Å². The molecule has 0 aliphatic rings. The van der Waals surface area contributed by atoms with Crippen LogP contribution in [0.5, 0.6) is 0 Å². The number of nitrogens with two attached hydrogens (primary N) is 1. The summed E-state index contributed by atoms with van der Waals surface area (Å²) < 4.78 is 0.803.